The van der Waals surface area contributed by atoms with Crippen LogP contribution in [-0.2, 0) is 5.41 Å². The number of benzene rings is 4. The first-order chi connectivity index (χ1) is 22.5. The van der Waals surface area contributed by atoms with E-state index < -0.39 is 0 Å². The first-order valence-corrected chi connectivity index (χ1v) is 17.6. The molecule has 7 rings (SSSR count). The number of carbonyl (C=O) groups is 2. The standard InChI is InChI=1S/C41H35NO2S2/c1-3-41(4-2)34-26-28(38-23-24-40(46-38)37(44)22-21-36(43)39-16-11-25-45-39)17-19-32(34)33-20-18-31(27-35(33)41)42(29-12-7-5-8-13-29)30-14-9-6-10-15-30/h5-20,23-27H,3-4,21-22H2,1-2H3. The molecule has 0 saturated heterocycles. The van der Waals surface area contributed by atoms with Crippen molar-refractivity contribution in [1.29, 1.82) is 0 Å². The second-order valence-corrected chi connectivity index (χ2v) is 13.8. The normalized spacial score (nSPS) is 12.8. The molecule has 5 heteroatoms. The van der Waals surface area contributed by atoms with Gasteiger partial charge in [0.15, 0.2) is 11.6 Å². The Morgan fingerprint density at radius 2 is 1.22 bits per heavy atom. The van der Waals surface area contributed by atoms with Crippen LogP contribution in [0.15, 0.2) is 127 Å². The lowest BCUT2D eigenvalue weighted by Gasteiger charge is -2.32. The zero-order chi connectivity index (χ0) is 31.7. The molecule has 0 aliphatic heterocycles. The van der Waals surface area contributed by atoms with Gasteiger partial charge in [-0.1, -0.05) is 74.5 Å². The highest BCUT2D eigenvalue weighted by Crippen LogP contribution is 2.55. The molecular weight excluding hydrogens is 603 g/mol. The van der Waals surface area contributed by atoms with E-state index in [4.69, 9.17) is 0 Å². The Morgan fingerprint density at radius 3 is 1.83 bits per heavy atom. The zero-order valence-corrected chi connectivity index (χ0v) is 27.7. The van der Waals surface area contributed by atoms with Crippen molar-refractivity contribution >= 4 is 51.3 Å². The highest BCUT2D eigenvalue weighted by molar-refractivity contribution is 7.17. The minimum absolute atomic E-state index is 0.0279. The van der Waals surface area contributed by atoms with E-state index in [0.717, 1.165) is 40.3 Å². The lowest BCUT2D eigenvalue weighted by atomic mass is 9.73. The molecule has 0 amide bonds. The van der Waals surface area contributed by atoms with E-state index in [1.54, 1.807) is 0 Å². The summed E-state index contributed by atoms with van der Waals surface area (Å²) in [6, 6.07) is 42.6. The van der Waals surface area contributed by atoms with E-state index in [2.05, 4.69) is 122 Å². The number of Topliss-reactive ketones (excluding diaryl/α,β-unsaturated/α-hetero) is 2. The maximum absolute atomic E-state index is 13.0. The van der Waals surface area contributed by atoms with Gasteiger partial charge in [0, 0.05) is 40.2 Å². The van der Waals surface area contributed by atoms with Gasteiger partial charge in [-0.2, -0.15) is 0 Å². The topological polar surface area (TPSA) is 37.4 Å². The van der Waals surface area contributed by atoms with Crippen LogP contribution in [0, 0.1) is 0 Å². The summed E-state index contributed by atoms with van der Waals surface area (Å²) in [4.78, 5) is 30.3. The summed E-state index contributed by atoms with van der Waals surface area (Å²) in [5.74, 6) is 0.0627. The molecule has 1 aliphatic rings. The Kier molecular flexibility index (Phi) is 8.29. The Morgan fingerprint density at radius 1 is 0.609 bits per heavy atom. The highest BCUT2D eigenvalue weighted by atomic mass is 32.1. The van der Waals surface area contributed by atoms with E-state index in [9.17, 15) is 9.59 Å². The predicted molar refractivity (Wildman–Crippen MR) is 193 cm³/mol. The van der Waals surface area contributed by atoms with Crippen molar-refractivity contribution in [2.24, 2.45) is 0 Å². The number of rotatable bonds is 11. The third kappa shape index (κ3) is 5.34. The van der Waals surface area contributed by atoms with Crippen molar-refractivity contribution in [3.05, 3.63) is 148 Å². The van der Waals surface area contributed by atoms with Crippen molar-refractivity contribution in [2.45, 2.75) is 44.9 Å². The van der Waals surface area contributed by atoms with Gasteiger partial charge in [0.05, 0.1) is 9.75 Å². The minimum atomic E-state index is -0.117. The largest absolute Gasteiger partial charge is 0.310 e. The Balaban J connectivity index is 1.21. The third-order valence-electron chi connectivity index (χ3n) is 9.38. The fourth-order valence-electron chi connectivity index (χ4n) is 6.94. The summed E-state index contributed by atoms with van der Waals surface area (Å²) in [6.45, 7) is 4.60. The molecule has 3 nitrogen and oxygen atoms in total. The number of hydrogen-bond donors (Lipinski definition) is 0. The van der Waals surface area contributed by atoms with Gasteiger partial charge in [-0.05, 0) is 107 Å². The van der Waals surface area contributed by atoms with Crippen LogP contribution in [0.2, 0.25) is 0 Å². The van der Waals surface area contributed by atoms with Crippen LogP contribution in [-0.4, -0.2) is 11.6 Å². The van der Waals surface area contributed by atoms with Crippen LogP contribution in [0.1, 0.15) is 70.0 Å². The molecule has 6 aromatic rings. The minimum Gasteiger partial charge on any atom is -0.310 e. The molecule has 4 aromatic carbocycles. The molecule has 228 valence electrons. The lowest BCUT2D eigenvalue weighted by molar-refractivity contribution is 0.0921. The molecular formula is C41H35NO2S2. The van der Waals surface area contributed by atoms with Gasteiger partial charge < -0.3 is 4.90 Å². The first kappa shape index (κ1) is 30.1. The first-order valence-electron chi connectivity index (χ1n) is 15.9. The van der Waals surface area contributed by atoms with Crippen LogP contribution >= 0.6 is 22.7 Å². The van der Waals surface area contributed by atoms with E-state index in [0.29, 0.717) is 9.75 Å². The molecule has 0 unspecified atom stereocenters. The van der Waals surface area contributed by atoms with Gasteiger partial charge in [-0.15, -0.1) is 22.7 Å². The average molecular weight is 638 g/mol. The molecule has 2 aromatic heterocycles. The lowest BCUT2D eigenvalue weighted by Crippen LogP contribution is -2.23. The number of anilines is 3. The van der Waals surface area contributed by atoms with Crippen LogP contribution in [0.25, 0.3) is 21.6 Å². The fraction of sp³-hybridized carbons (Fsp3) is 0.171. The summed E-state index contributed by atoms with van der Waals surface area (Å²) in [5.41, 5.74) is 9.74. The number of fused-ring (bicyclic) bond motifs is 3. The van der Waals surface area contributed by atoms with Crippen molar-refractivity contribution < 1.29 is 9.59 Å². The number of para-hydroxylation sites is 2. The second kappa shape index (κ2) is 12.7. The molecule has 0 radical (unpaired) electrons. The zero-order valence-electron chi connectivity index (χ0n) is 26.0. The molecule has 0 bridgehead atoms. The van der Waals surface area contributed by atoms with Crippen molar-refractivity contribution in [1.82, 2.24) is 0 Å². The van der Waals surface area contributed by atoms with Crippen LogP contribution in [0.3, 0.4) is 0 Å². The number of hydrogen-bond acceptors (Lipinski definition) is 5. The van der Waals surface area contributed by atoms with E-state index in [1.807, 2.05) is 23.6 Å². The summed E-state index contributed by atoms with van der Waals surface area (Å²) >= 11 is 2.95. The number of thiophene rings is 2. The van der Waals surface area contributed by atoms with E-state index >= 15 is 0 Å². The SMILES string of the molecule is CCC1(CC)c2cc(-c3ccc(C(=O)CCC(=O)c4cccs4)s3)ccc2-c2ccc(N(c3ccccc3)c3ccccc3)cc21. The predicted octanol–water partition coefficient (Wildman–Crippen LogP) is 11.9. The second-order valence-electron chi connectivity index (χ2n) is 11.8. The van der Waals surface area contributed by atoms with Crippen molar-refractivity contribution in [3.8, 4) is 21.6 Å². The summed E-state index contributed by atoms with van der Waals surface area (Å²) < 4.78 is 0. The van der Waals surface area contributed by atoms with E-state index in [1.165, 1.54) is 44.9 Å². The molecule has 0 atom stereocenters. The van der Waals surface area contributed by atoms with Crippen molar-refractivity contribution in [3.63, 3.8) is 0 Å². The van der Waals surface area contributed by atoms with Gasteiger partial charge in [0.25, 0.3) is 0 Å². The van der Waals surface area contributed by atoms with Crippen molar-refractivity contribution in [2.75, 3.05) is 4.90 Å². The Labute approximate surface area is 278 Å². The Bertz CT molecular complexity index is 1970. The maximum Gasteiger partial charge on any atom is 0.173 e. The monoisotopic (exact) mass is 637 g/mol. The molecule has 0 spiro atoms. The molecule has 46 heavy (non-hydrogen) atoms. The third-order valence-corrected chi connectivity index (χ3v) is 11.5. The molecule has 0 N–H and O–H groups in total. The Hall–Kier alpha value is -4.58. The fourth-order valence-corrected chi connectivity index (χ4v) is 8.61. The van der Waals surface area contributed by atoms with Gasteiger partial charge in [0.1, 0.15) is 0 Å². The van der Waals surface area contributed by atoms with Gasteiger partial charge in [0.2, 0.25) is 0 Å². The highest BCUT2D eigenvalue weighted by Gasteiger charge is 2.41. The quantitative estimate of drug-likeness (QED) is 0.133. The summed E-state index contributed by atoms with van der Waals surface area (Å²) in [7, 11) is 0. The smallest absolute Gasteiger partial charge is 0.173 e. The number of nitrogens with zero attached hydrogens (tertiary/aromatic N) is 1. The molecule has 0 fully saturated rings. The molecule has 0 saturated carbocycles. The molecule has 1 aliphatic carbocycles. The average Bonchev–Trinajstić information content (AvgIpc) is 3.87. The van der Waals surface area contributed by atoms with Gasteiger partial charge in [-0.25, -0.2) is 0 Å². The maximum atomic E-state index is 13.0. The summed E-state index contributed by atoms with van der Waals surface area (Å²) in [5, 5.41) is 1.89. The van der Waals surface area contributed by atoms with Crippen LogP contribution in [0.4, 0.5) is 17.1 Å². The van der Waals surface area contributed by atoms with E-state index in [-0.39, 0.29) is 29.8 Å². The van der Waals surface area contributed by atoms with Gasteiger partial charge >= 0.3 is 0 Å². The summed E-state index contributed by atoms with van der Waals surface area (Å²) in [6.07, 6.45) is 2.45. The van der Waals surface area contributed by atoms with Crippen LogP contribution in [0.5, 0.6) is 0 Å². The van der Waals surface area contributed by atoms with Crippen LogP contribution < -0.4 is 4.90 Å². The molecule has 2 heterocycles. The number of ketones is 2. The van der Waals surface area contributed by atoms with Gasteiger partial charge in [-0.3, -0.25) is 9.59 Å². The number of carbonyl (C=O) groups excluding carboxylic acids is 2.